The van der Waals surface area contributed by atoms with E-state index < -0.39 is 5.97 Å². The maximum atomic E-state index is 12.3. The molecule has 0 spiro atoms. The number of aromatic nitrogens is 3. The maximum absolute atomic E-state index is 12.3. The van der Waals surface area contributed by atoms with Gasteiger partial charge in [0, 0.05) is 11.4 Å². The fourth-order valence-electron chi connectivity index (χ4n) is 2.55. The minimum absolute atomic E-state index is 0.276. The molecule has 2 aromatic rings. The summed E-state index contributed by atoms with van der Waals surface area (Å²) < 4.78 is 5.15. The second kappa shape index (κ2) is 8.37. The minimum atomic E-state index is -0.420. The second-order valence-corrected chi connectivity index (χ2v) is 7.29. The lowest BCUT2D eigenvalue weighted by Gasteiger charge is -2.28. The number of urea groups is 1. The summed E-state index contributed by atoms with van der Waals surface area (Å²) in [4.78, 5) is 29.7. The molecule has 138 valence electrons. The fourth-order valence-corrected chi connectivity index (χ4v) is 3.98. The number of thioether (sulfide) groups is 1. The molecule has 3 rings (SSSR count). The van der Waals surface area contributed by atoms with Gasteiger partial charge in [-0.2, -0.15) is 0 Å². The molecule has 0 radical (unpaired) electrons. The van der Waals surface area contributed by atoms with Crippen molar-refractivity contribution in [1.82, 2.24) is 25.8 Å². The standard InChI is InChI=1S/C16H19N5O3S2/c1-3-9-12(14(22)24-4-2)10(18-15(23)17-9)8-26-16-19-13(20-21-16)11-6-5-7-25-11/h5-7,9H,3-4,8H2,1-2H3,(H2,17,18,23)(H,19,20,21)/t9-/m1/s1. The first-order chi connectivity index (χ1) is 12.6. The molecule has 3 heterocycles. The quantitative estimate of drug-likeness (QED) is 0.493. The van der Waals surface area contributed by atoms with Gasteiger partial charge in [-0.05, 0) is 24.8 Å². The van der Waals surface area contributed by atoms with Gasteiger partial charge >= 0.3 is 12.0 Å². The summed E-state index contributed by atoms with van der Waals surface area (Å²) in [5, 5.41) is 15.1. The number of thiophene rings is 1. The highest BCUT2D eigenvalue weighted by Crippen LogP contribution is 2.26. The summed E-state index contributed by atoms with van der Waals surface area (Å²) in [6, 6.07) is 3.21. The Morgan fingerprint density at radius 2 is 2.27 bits per heavy atom. The number of H-pyrrole nitrogens is 1. The second-order valence-electron chi connectivity index (χ2n) is 5.40. The molecular weight excluding hydrogens is 374 g/mol. The Morgan fingerprint density at radius 3 is 2.96 bits per heavy atom. The molecule has 0 saturated heterocycles. The first-order valence-corrected chi connectivity index (χ1v) is 10.1. The number of aromatic amines is 1. The van der Waals surface area contributed by atoms with E-state index in [1.54, 1.807) is 18.3 Å². The number of hydrogen-bond acceptors (Lipinski definition) is 7. The van der Waals surface area contributed by atoms with Crippen molar-refractivity contribution in [2.45, 2.75) is 31.5 Å². The molecule has 26 heavy (non-hydrogen) atoms. The zero-order valence-corrected chi connectivity index (χ0v) is 16.0. The summed E-state index contributed by atoms with van der Waals surface area (Å²) >= 11 is 2.91. The number of esters is 1. The number of nitrogens with zero attached hydrogens (tertiary/aromatic N) is 2. The molecule has 8 nitrogen and oxygen atoms in total. The molecular formula is C16H19N5O3S2. The number of nitrogens with one attached hydrogen (secondary N) is 3. The number of hydrogen-bond donors (Lipinski definition) is 3. The third kappa shape index (κ3) is 4.07. The summed E-state index contributed by atoms with van der Waals surface area (Å²) in [6.07, 6.45) is 0.596. The van der Waals surface area contributed by atoms with E-state index >= 15 is 0 Å². The Balaban J connectivity index is 1.78. The van der Waals surface area contributed by atoms with E-state index in [1.807, 2.05) is 24.4 Å². The molecule has 0 aliphatic carbocycles. The molecule has 0 saturated carbocycles. The predicted octanol–water partition coefficient (Wildman–Crippen LogP) is 2.53. The lowest BCUT2D eigenvalue weighted by atomic mass is 10.0. The maximum Gasteiger partial charge on any atom is 0.337 e. The SMILES string of the molecule is CCOC(=O)C1=C(CSc2n[nH]c(-c3cccs3)n2)NC(=O)N[C@@H]1CC. The summed E-state index contributed by atoms with van der Waals surface area (Å²) in [5.41, 5.74) is 0.988. The van der Waals surface area contributed by atoms with E-state index in [9.17, 15) is 9.59 Å². The van der Waals surface area contributed by atoms with Crippen LogP contribution < -0.4 is 10.6 Å². The van der Waals surface area contributed by atoms with Crippen LogP contribution in [0.1, 0.15) is 20.3 Å². The van der Waals surface area contributed by atoms with Crippen LogP contribution in [0.4, 0.5) is 4.79 Å². The Labute approximate surface area is 158 Å². The van der Waals surface area contributed by atoms with Gasteiger partial charge in [0.05, 0.1) is 23.1 Å². The summed E-state index contributed by atoms with van der Waals surface area (Å²) in [5.74, 6) is 0.638. The van der Waals surface area contributed by atoms with Gasteiger partial charge in [0.2, 0.25) is 5.16 Å². The van der Waals surface area contributed by atoms with Gasteiger partial charge in [0.15, 0.2) is 5.82 Å². The van der Waals surface area contributed by atoms with Gasteiger partial charge in [-0.15, -0.1) is 16.4 Å². The van der Waals surface area contributed by atoms with E-state index in [4.69, 9.17) is 4.74 Å². The van der Waals surface area contributed by atoms with E-state index in [0.29, 0.717) is 34.4 Å². The van der Waals surface area contributed by atoms with Crippen molar-refractivity contribution in [3.63, 3.8) is 0 Å². The van der Waals surface area contributed by atoms with Crippen LogP contribution in [-0.4, -0.2) is 45.6 Å². The molecule has 0 bridgehead atoms. The molecule has 1 aliphatic heterocycles. The van der Waals surface area contributed by atoms with Crippen molar-refractivity contribution in [2.75, 3.05) is 12.4 Å². The summed E-state index contributed by atoms with van der Waals surface area (Å²) in [6.45, 7) is 3.93. The van der Waals surface area contributed by atoms with Crippen LogP contribution in [0.15, 0.2) is 33.9 Å². The summed E-state index contributed by atoms with van der Waals surface area (Å²) in [7, 11) is 0. The van der Waals surface area contributed by atoms with Crippen molar-refractivity contribution in [3.05, 3.63) is 28.8 Å². The van der Waals surface area contributed by atoms with Crippen molar-refractivity contribution in [3.8, 4) is 10.7 Å². The average Bonchev–Trinajstić information content (AvgIpc) is 3.30. The third-order valence-corrected chi connectivity index (χ3v) is 5.46. The molecule has 2 amide bonds. The van der Waals surface area contributed by atoms with Crippen LogP contribution in [0.5, 0.6) is 0 Å². The Kier molecular flexibility index (Phi) is 5.94. The van der Waals surface area contributed by atoms with Gasteiger partial charge in [0.1, 0.15) is 0 Å². The lowest BCUT2D eigenvalue weighted by Crippen LogP contribution is -2.50. The normalized spacial score (nSPS) is 17.0. The van der Waals surface area contributed by atoms with Crippen LogP contribution in [-0.2, 0) is 9.53 Å². The van der Waals surface area contributed by atoms with Crippen LogP contribution in [0.25, 0.3) is 10.7 Å². The van der Waals surface area contributed by atoms with Crippen LogP contribution in [0.2, 0.25) is 0 Å². The lowest BCUT2D eigenvalue weighted by molar-refractivity contribution is -0.139. The highest BCUT2D eigenvalue weighted by Gasteiger charge is 2.31. The zero-order valence-electron chi connectivity index (χ0n) is 14.4. The fraction of sp³-hybridized carbons (Fsp3) is 0.375. The topological polar surface area (TPSA) is 109 Å². The first kappa shape index (κ1) is 18.5. The van der Waals surface area contributed by atoms with Crippen LogP contribution >= 0.6 is 23.1 Å². The monoisotopic (exact) mass is 393 g/mol. The Hall–Kier alpha value is -2.33. The van der Waals surface area contributed by atoms with Gasteiger partial charge in [0.25, 0.3) is 0 Å². The van der Waals surface area contributed by atoms with Gasteiger partial charge < -0.3 is 15.4 Å². The van der Waals surface area contributed by atoms with E-state index in [-0.39, 0.29) is 18.7 Å². The minimum Gasteiger partial charge on any atom is -0.463 e. The molecule has 10 heteroatoms. The van der Waals surface area contributed by atoms with E-state index in [2.05, 4.69) is 25.8 Å². The smallest absolute Gasteiger partial charge is 0.337 e. The Morgan fingerprint density at radius 1 is 1.42 bits per heavy atom. The number of ether oxygens (including phenoxy) is 1. The van der Waals surface area contributed by atoms with Crippen LogP contribution in [0.3, 0.4) is 0 Å². The van der Waals surface area contributed by atoms with E-state index in [0.717, 1.165) is 4.88 Å². The number of carbonyl (C=O) groups is 2. The average molecular weight is 393 g/mol. The third-order valence-electron chi connectivity index (χ3n) is 3.71. The molecule has 1 aliphatic rings. The van der Waals surface area contributed by atoms with Gasteiger partial charge in [-0.3, -0.25) is 5.10 Å². The highest BCUT2D eigenvalue weighted by molar-refractivity contribution is 7.99. The Bertz CT molecular complexity index is 816. The van der Waals surface area contributed by atoms with Gasteiger partial charge in [-0.25, -0.2) is 14.6 Å². The number of amides is 2. The zero-order chi connectivity index (χ0) is 18.5. The van der Waals surface area contributed by atoms with Crippen molar-refractivity contribution in [2.24, 2.45) is 0 Å². The van der Waals surface area contributed by atoms with Crippen molar-refractivity contribution in [1.29, 1.82) is 0 Å². The van der Waals surface area contributed by atoms with Gasteiger partial charge in [-0.1, -0.05) is 24.8 Å². The van der Waals surface area contributed by atoms with E-state index in [1.165, 1.54) is 11.8 Å². The molecule has 0 unspecified atom stereocenters. The first-order valence-electron chi connectivity index (χ1n) is 8.19. The molecule has 2 aromatic heterocycles. The number of carbonyl (C=O) groups excluding carboxylic acids is 2. The molecule has 0 aromatic carbocycles. The molecule has 1 atom stereocenters. The van der Waals surface area contributed by atoms with Crippen molar-refractivity contribution >= 4 is 35.1 Å². The molecule has 0 fully saturated rings. The predicted molar refractivity (Wildman–Crippen MR) is 99.8 cm³/mol. The largest absolute Gasteiger partial charge is 0.463 e. The van der Waals surface area contributed by atoms with Crippen molar-refractivity contribution < 1.29 is 14.3 Å². The number of rotatable bonds is 7. The molecule has 3 N–H and O–H groups in total. The highest BCUT2D eigenvalue weighted by atomic mass is 32.2. The van der Waals surface area contributed by atoms with Crippen LogP contribution in [0, 0.1) is 0 Å².